The molecule has 96 valence electrons. The number of aromatic nitrogens is 2. The van der Waals surface area contributed by atoms with E-state index in [0.29, 0.717) is 11.3 Å². The average Bonchev–Trinajstić information content (AvgIpc) is 2.70. The number of H-pyrrole nitrogens is 1. The summed E-state index contributed by atoms with van der Waals surface area (Å²) >= 11 is 0. The molecule has 5 nitrogen and oxygen atoms in total. The Hall–Kier alpha value is -1.89. The summed E-state index contributed by atoms with van der Waals surface area (Å²) in [6.07, 6.45) is 1.12. The Morgan fingerprint density at radius 2 is 2.06 bits per heavy atom. The average molecular weight is 270 g/mol. The van der Waals surface area contributed by atoms with Crippen molar-refractivity contribution in [3.05, 3.63) is 41.5 Å². The van der Waals surface area contributed by atoms with E-state index in [2.05, 4.69) is 10.2 Å². The van der Waals surface area contributed by atoms with Crippen molar-refractivity contribution < 1.29 is 17.0 Å². The smallest absolute Gasteiger partial charge is 0.342 e. The highest BCUT2D eigenvalue weighted by Crippen LogP contribution is 2.23. The molecular weight excluding hydrogens is 259 g/mol. The molecule has 1 aromatic heterocycles. The second-order valence-corrected chi connectivity index (χ2v) is 5.35. The fourth-order valence-corrected chi connectivity index (χ4v) is 2.49. The topological polar surface area (TPSA) is 72.1 Å². The zero-order valence-electron chi connectivity index (χ0n) is 9.77. The molecule has 0 atom stereocenters. The lowest BCUT2D eigenvalue weighted by atomic mass is 10.2. The monoisotopic (exact) mass is 270 g/mol. The van der Waals surface area contributed by atoms with Crippen molar-refractivity contribution in [3.63, 3.8) is 0 Å². The Balaban J connectivity index is 2.40. The van der Waals surface area contributed by atoms with Crippen LogP contribution in [0.4, 0.5) is 4.39 Å². The van der Waals surface area contributed by atoms with Gasteiger partial charge in [-0.2, -0.15) is 13.5 Å². The number of benzene rings is 1. The van der Waals surface area contributed by atoms with Gasteiger partial charge in [-0.3, -0.25) is 5.10 Å². The van der Waals surface area contributed by atoms with Gasteiger partial charge in [-0.15, -0.1) is 0 Å². The molecule has 1 aromatic carbocycles. The predicted octanol–water partition coefficient (Wildman–Crippen LogP) is 1.93. The van der Waals surface area contributed by atoms with Gasteiger partial charge >= 0.3 is 10.1 Å². The summed E-state index contributed by atoms with van der Waals surface area (Å²) < 4.78 is 42.0. The summed E-state index contributed by atoms with van der Waals surface area (Å²) in [6, 6.07) is 4.00. The van der Waals surface area contributed by atoms with Crippen LogP contribution < -0.4 is 4.18 Å². The van der Waals surface area contributed by atoms with Crippen LogP contribution in [-0.4, -0.2) is 18.6 Å². The van der Waals surface area contributed by atoms with E-state index in [1.54, 1.807) is 6.92 Å². The van der Waals surface area contributed by atoms with E-state index in [1.165, 1.54) is 19.1 Å². The molecule has 2 aromatic rings. The Labute approximate surface area is 104 Å². The zero-order chi connectivity index (χ0) is 13.3. The number of hydrogen-bond acceptors (Lipinski definition) is 4. The highest BCUT2D eigenvalue weighted by atomic mass is 32.2. The highest BCUT2D eigenvalue weighted by molar-refractivity contribution is 7.87. The second-order valence-electron chi connectivity index (χ2n) is 3.83. The van der Waals surface area contributed by atoms with Crippen LogP contribution >= 0.6 is 0 Å². The Morgan fingerprint density at radius 3 is 2.67 bits per heavy atom. The quantitative estimate of drug-likeness (QED) is 0.865. The number of halogens is 1. The maximum Gasteiger partial charge on any atom is 0.342 e. The fourth-order valence-electron chi connectivity index (χ4n) is 1.43. The van der Waals surface area contributed by atoms with Gasteiger partial charge in [-0.05, 0) is 31.5 Å². The van der Waals surface area contributed by atoms with Gasteiger partial charge in [-0.1, -0.05) is 6.07 Å². The lowest BCUT2D eigenvalue weighted by Gasteiger charge is -2.07. The largest absolute Gasteiger partial charge is 0.376 e. The van der Waals surface area contributed by atoms with Crippen LogP contribution in [0.5, 0.6) is 5.75 Å². The van der Waals surface area contributed by atoms with Gasteiger partial charge in [0.15, 0.2) is 11.6 Å². The van der Waals surface area contributed by atoms with Gasteiger partial charge in [-0.25, -0.2) is 4.39 Å². The molecule has 0 amide bonds. The van der Waals surface area contributed by atoms with Crippen LogP contribution in [0, 0.1) is 19.7 Å². The third-order valence-electron chi connectivity index (χ3n) is 2.34. The van der Waals surface area contributed by atoms with Crippen LogP contribution in [0.25, 0.3) is 0 Å². The van der Waals surface area contributed by atoms with Crippen molar-refractivity contribution in [2.24, 2.45) is 0 Å². The van der Waals surface area contributed by atoms with Crippen LogP contribution in [0.2, 0.25) is 0 Å². The molecule has 0 fully saturated rings. The first-order valence-corrected chi connectivity index (χ1v) is 6.51. The minimum absolute atomic E-state index is 0.108. The molecule has 0 aliphatic carbocycles. The molecule has 0 aliphatic rings. The Bertz CT molecular complexity index is 679. The standard InChI is InChI=1S/C11H11FN2O3S/c1-7-3-4-9(12)10(5-7)17-18(15,16)11-6-13-14-8(11)2/h3-6H,1-2H3,(H,13,14). The molecule has 0 unspecified atom stereocenters. The molecule has 18 heavy (non-hydrogen) atoms. The third kappa shape index (κ3) is 2.35. The molecule has 0 aliphatic heterocycles. The van der Waals surface area contributed by atoms with E-state index in [-0.39, 0.29) is 10.6 Å². The predicted molar refractivity (Wildman–Crippen MR) is 62.3 cm³/mol. The molecular formula is C11H11FN2O3S. The maximum absolute atomic E-state index is 13.4. The number of aromatic amines is 1. The van der Waals surface area contributed by atoms with Gasteiger partial charge in [0.25, 0.3) is 0 Å². The third-order valence-corrected chi connectivity index (χ3v) is 3.69. The fraction of sp³-hybridized carbons (Fsp3) is 0.182. The van der Waals surface area contributed by atoms with Gasteiger partial charge in [0, 0.05) is 0 Å². The first-order valence-electron chi connectivity index (χ1n) is 5.11. The minimum Gasteiger partial charge on any atom is -0.376 e. The summed E-state index contributed by atoms with van der Waals surface area (Å²) in [5.74, 6) is -1.05. The van der Waals surface area contributed by atoms with Crippen LogP contribution in [0.1, 0.15) is 11.3 Å². The molecule has 0 bridgehead atoms. The normalized spacial score (nSPS) is 11.5. The van der Waals surface area contributed by atoms with E-state index in [0.717, 1.165) is 12.3 Å². The summed E-state index contributed by atoms with van der Waals surface area (Å²) in [6.45, 7) is 3.25. The van der Waals surface area contributed by atoms with Gasteiger partial charge < -0.3 is 4.18 Å². The molecule has 0 radical (unpaired) electrons. The first-order chi connectivity index (χ1) is 8.40. The highest BCUT2D eigenvalue weighted by Gasteiger charge is 2.22. The van der Waals surface area contributed by atoms with Crippen molar-refractivity contribution in [2.45, 2.75) is 18.7 Å². The molecule has 2 rings (SSSR count). The van der Waals surface area contributed by atoms with E-state index >= 15 is 0 Å². The van der Waals surface area contributed by atoms with Gasteiger partial charge in [0.05, 0.1) is 11.9 Å². The summed E-state index contributed by atoms with van der Waals surface area (Å²) in [7, 11) is -4.07. The van der Waals surface area contributed by atoms with Crippen molar-refractivity contribution in [3.8, 4) is 5.75 Å². The molecule has 1 N–H and O–H groups in total. The van der Waals surface area contributed by atoms with Crippen molar-refractivity contribution in [2.75, 3.05) is 0 Å². The van der Waals surface area contributed by atoms with Gasteiger partial charge in [0.1, 0.15) is 4.90 Å². The van der Waals surface area contributed by atoms with Crippen molar-refractivity contribution in [1.29, 1.82) is 0 Å². The second kappa shape index (κ2) is 4.41. The van der Waals surface area contributed by atoms with Gasteiger partial charge in [0.2, 0.25) is 0 Å². The Kier molecular flexibility index (Phi) is 3.08. The molecule has 0 spiro atoms. The van der Waals surface area contributed by atoms with Crippen LogP contribution in [0.3, 0.4) is 0 Å². The zero-order valence-corrected chi connectivity index (χ0v) is 10.6. The number of hydrogen-bond donors (Lipinski definition) is 1. The molecule has 0 saturated carbocycles. The van der Waals surface area contributed by atoms with E-state index in [4.69, 9.17) is 4.18 Å². The lowest BCUT2D eigenvalue weighted by molar-refractivity contribution is 0.461. The van der Waals surface area contributed by atoms with Crippen molar-refractivity contribution >= 4 is 10.1 Å². The lowest BCUT2D eigenvalue weighted by Crippen LogP contribution is -2.11. The number of rotatable bonds is 3. The molecule has 0 saturated heterocycles. The molecule has 7 heteroatoms. The summed E-state index contributed by atoms with van der Waals surface area (Å²) in [5, 5.41) is 6.08. The number of nitrogens with zero attached hydrogens (tertiary/aromatic N) is 1. The van der Waals surface area contributed by atoms with E-state index in [9.17, 15) is 12.8 Å². The number of nitrogens with one attached hydrogen (secondary N) is 1. The van der Waals surface area contributed by atoms with E-state index in [1.807, 2.05) is 0 Å². The summed E-state index contributed by atoms with van der Waals surface area (Å²) in [5.41, 5.74) is 1.04. The minimum atomic E-state index is -4.07. The first kappa shape index (κ1) is 12.6. The van der Waals surface area contributed by atoms with Crippen molar-refractivity contribution in [1.82, 2.24) is 10.2 Å². The number of aryl methyl sites for hydroxylation is 2. The summed E-state index contributed by atoms with van der Waals surface area (Å²) in [4.78, 5) is -0.108. The van der Waals surface area contributed by atoms with E-state index < -0.39 is 15.9 Å². The Morgan fingerprint density at radius 1 is 1.33 bits per heavy atom. The molecule has 1 heterocycles. The SMILES string of the molecule is Cc1ccc(F)c(OS(=O)(=O)c2cn[nH]c2C)c1. The maximum atomic E-state index is 13.4. The van der Waals surface area contributed by atoms with Crippen LogP contribution in [-0.2, 0) is 10.1 Å². The van der Waals surface area contributed by atoms with Crippen LogP contribution in [0.15, 0.2) is 29.3 Å².